The number of nitrogens with zero attached hydrogens (tertiary/aromatic N) is 4. The molecule has 1 aliphatic carbocycles. The summed E-state index contributed by atoms with van der Waals surface area (Å²) in [5.41, 5.74) is 1.05. The Balaban J connectivity index is 1.33. The van der Waals surface area contributed by atoms with Crippen LogP contribution in [0, 0.1) is 11.3 Å². The monoisotopic (exact) mass is 379 g/mol. The van der Waals surface area contributed by atoms with Gasteiger partial charge < -0.3 is 10.1 Å². The molecule has 1 fully saturated rings. The average molecular weight is 379 g/mol. The van der Waals surface area contributed by atoms with Gasteiger partial charge in [0.05, 0.1) is 10.2 Å². The van der Waals surface area contributed by atoms with E-state index in [4.69, 9.17) is 10.00 Å². The van der Waals surface area contributed by atoms with Crippen LogP contribution in [0.3, 0.4) is 0 Å². The largest absolute Gasteiger partial charge is 0.472 e. The predicted octanol–water partition coefficient (Wildman–Crippen LogP) is 3.08. The molecule has 0 aliphatic heterocycles. The van der Waals surface area contributed by atoms with E-state index in [0.717, 1.165) is 35.9 Å². The summed E-state index contributed by atoms with van der Waals surface area (Å²) in [5, 5.41) is 12.6. The summed E-state index contributed by atoms with van der Waals surface area (Å²) in [7, 11) is 0. The Hall–Kier alpha value is -3.05. The molecule has 2 aromatic heterocycles. The molecule has 1 aliphatic rings. The standard InChI is InChI=1S/C19H17N5O2S/c20-11-15-18(22-10-9-21-15)26-13-7-5-12(6-8-13)23-17(25)19-24-14-3-1-2-4-16(14)27-19/h1-4,9-10,12-13H,5-8H2,(H,23,25). The number of carbonyl (C=O) groups excluding carboxylic acids is 1. The molecule has 0 spiro atoms. The molecule has 1 aromatic carbocycles. The van der Waals surface area contributed by atoms with Gasteiger partial charge in [-0.25, -0.2) is 15.0 Å². The van der Waals surface area contributed by atoms with Crippen molar-refractivity contribution < 1.29 is 9.53 Å². The van der Waals surface area contributed by atoms with Gasteiger partial charge in [-0.3, -0.25) is 4.79 Å². The Morgan fingerprint density at radius 2 is 1.96 bits per heavy atom. The number of nitriles is 1. The summed E-state index contributed by atoms with van der Waals surface area (Å²) < 4.78 is 6.85. The van der Waals surface area contributed by atoms with Crippen LogP contribution in [0.25, 0.3) is 10.2 Å². The van der Waals surface area contributed by atoms with Crippen molar-refractivity contribution in [3.05, 3.63) is 47.4 Å². The fraction of sp³-hybridized carbons (Fsp3) is 0.316. The highest BCUT2D eigenvalue weighted by Crippen LogP contribution is 2.25. The first-order valence-corrected chi connectivity index (χ1v) is 9.59. The SMILES string of the molecule is N#Cc1nccnc1OC1CCC(NC(=O)c2nc3ccccc3s2)CC1. The lowest BCUT2D eigenvalue weighted by Gasteiger charge is -2.29. The first kappa shape index (κ1) is 17.4. The minimum Gasteiger partial charge on any atom is -0.472 e. The molecule has 136 valence electrons. The Morgan fingerprint density at radius 3 is 2.74 bits per heavy atom. The third kappa shape index (κ3) is 3.88. The van der Waals surface area contributed by atoms with Crippen LogP contribution in [-0.2, 0) is 0 Å². The fourth-order valence-corrected chi connectivity index (χ4v) is 4.06. The smallest absolute Gasteiger partial charge is 0.280 e. The topological polar surface area (TPSA) is 101 Å². The first-order chi connectivity index (χ1) is 13.2. The Kier molecular flexibility index (Phi) is 4.94. The number of hydrogen-bond acceptors (Lipinski definition) is 7. The maximum atomic E-state index is 12.5. The van der Waals surface area contributed by atoms with Crippen molar-refractivity contribution in [2.24, 2.45) is 0 Å². The summed E-state index contributed by atoms with van der Waals surface area (Å²) in [6, 6.07) is 9.82. The molecule has 1 amide bonds. The predicted molar refractivity (Wildman–Crippen MR) is 101 cm³/mol. The fourth-order valence-electron chi connectivity index (χ4n) is 3.19. The molecular formula is C19H17N5O2S. The zero-order valence-electron chi connectivity index (χ0n) is 14.5. The minimum atomic E-state index is -0.124. The van der Waals surface area contributed by atoms with Crippen molar-refractivity contribution in [2.75, 3.05) is 0 Å². The Labute approximate surface area is 160 Å². The zero-order chi connectivity index (χ0) is 18.6. The highest BCUT2D eigenvalue weighted by Gasteiger charge is 2.26. The molecule has 1 N–H and O–H groups in total. The number of benzene rings is 1. The van der Waals surface area contributed by atoms with E-state index in [-0.39, 0.29) is 29.6 Å². The molecular weight excluding hydrogens is 362 g/mol. The highest BCUT2D eigenvalue weighted by molar-refractivity contribution is 7.20. The van der Waals surface area contributed by atoms with Crippen molar-refractivity contribution in [3.63, 3.8) is 0 Å². The van der Waals surface area contributed by atoms with E-state index < -0.39 is 0 Å². The van der Waals surface area contributed by atoms with Gasteiger partial charge >= 0.3 is 0 Å². The molecule has 27 heavy (non-hydrogen) atoms. The normalized spacial score (nSPS) is 19.4. The van der Waals surface area contributed by atoms with Gasteiger partial charge in [-0.2, -0.15) is 5.26 Å². The van der Waals surface area contributed by atoms with Crippen LogP contribution in [0.1, 0.15) is 41.2 Å². The number of rotatable bonds is 4. The van der Waals surface area contributed by atoms with Crippen molar-refractivity contribution >= 4 is 27.5 Å². The molecule has 0 bridgehead atoms. The van der Waals surface area contributed by atoms with Gasteiger partial charge in [0.15, 0.2) is 5.01 Å². The molecule has 8 heteroatoms. The molecule has 1 saturated carbocycles. The maximum Gasteiger partial charge on any atom is 0.280 e. The first-order valence-electron chi connectivity index (χ1n) is 8.77. The van der Waals surface area contributed by atoms with Crippen LogP contribution in [0.4, 0.5) is 0 Å². The van der Waals surface area contributed by atoms with Gasteiger partial charge in [-0.05, 0) is 37.8 Å². The van der Waals surface area contributed by atoms with Gasteiger partial charge in [0, 0.05) is 18.4 Å². The number of nitrogens with one attached hydrogen (secondary N) is 1. The van der Waals surface area contributed by atoms with Crippen molar-refractivity contribution in [3.8, 4) is 11.9 Å². The van der Waals surface area contributed by atoms with E-state index in [2.05, 4.69) is 20.3 Å². The Bertz CT molecular complexity index is 972. The summed E-state index contributed by atoms with van der Waals surface area (Å²) in [4.78, 5) is 24.9. The zero-order valence-corrected chi connectivity index (χ0v) is 15.3. The average Bonchev–Trinajstić information content (AvgIpc) is 3.14. The maximum absolute atomic E-state index is 12.5. The second-order valence-corrected chi connectivity index (χ2v) is 7.40. The van der Waals surface area contributed by atoms with Crippen molar-refractivity contribution in [2.45, 2.75) is 37.8 Å². The number of carbonyl (C=O) groups is 1. The second-order valence-electron chi connectivity index (χ2n) is 6.37. The molecule has 0 radical (unpaired) electrons. The van der Waals surface area contributed by atoms with Crippen LogP contribution in [0.15, 0.2) is 36.7 Å². The highest BCUT2D eigenvalue weighted by atomic mass is 32.1. The summed E-state index contributed by atoms with van der Waals surface area (Å²) >= 11 is 1.41. The van der Waals surface area contributed by atoms with E-state index in [1.54, 1.807) is 0 Å². The van der Waals surface area contributed by atoms with E-state index in [1.807, 2.05) is 30.3 Å². The Morgan fingerprint density at radius 1 is 1.19 bits per heavy atom. The van der Waals surface area contributed by atoms with Gasteiger partial charge in [0.25, 0.3) is 11.8 Å². The number of ether oxygens (including phenoxy) is 1. The molecule has 7 nitrogen and oxygen atoms in total. The molecule has 3 aromatic rings. The number of amides is 1. The lowest BCUT2D eigenvalue weighted by Crippen LogP contribution is -2.39. The van der Waals surface area contributed by atoms with Gasteiger partial charge in [-0.15, -0.1) is 11.3 Å². The lowest BCUT2D eigenvalue weighted by molar-refractivity contribution is 0.0889. The number of thiazole rings is 1. The van der Waals surface area contributed by atoms with E-state index >= 15 is 0 Å². The van der Waals surface area contributed by atoms with E-state index in [9.17, 15) is 4.79 Å². The van der Waals surface area contributed by atoms with Crippen molar-refractivity contribution in [1.29, 1.82) is 5.26 Å². The number of fused-ring (bicyclic) bond motifs is 1. The summed E-state index contributed by atoms with van der Waals surface area (Å²) in [5.74, 6) is 0.156. The second kappa shape index (κ2) is 7.68. The number of hydrogen-bond donors (Lipinski definition) is 1. The van der Waals surface area contributed by atoms with Crippen LogP contribution >= 0.6 is 11.3 Å². The quantitative estimate of drug-likeness (QED) is 0.748. The van der Waals surface area contributed by atoms with Gasteiger partial charge in [0.1, 0.15) is 12.2 Å². The van der Waals surface area contributed by atoms with Crippen LogP contribution in [0.2, 0.25) is 0 Å². The van der Waals surface area contributed by atoms with Crippen molar-refractivity contribution in [1.82, 2.24) is 20.3 Å². The van der Waals surface area contributed by atoms with Crippen LogP contribution in [0.5, 0.6) is 5.88 Å². The molecule has 4 rings (SSSR count). The molecule has 0 atom stereocenters. The molecule has 2 heterocycles. The number of para-hydroxylation sites is 1. The third-order valence-corrected chi connectivity index (χ3v) is 5.58. The van der Waals surface area contributed by atoms with E-state index in [0.29, 0.717) is 5.01 Å². The van der Waals surface area contributed by atoms with Crippen LogP contribution < -0.4 is 10.1 Å². The summed E-state index contributed by atoms with van der Waals surface area (Å²) in [6.07, 6.45) is 6.15. The minimum absolute atomic E-state index is 0.0237. The van der Waals surface area contributed by atoms with Gasteiger partial charge in [0.2, 0.25) is 5.69 Å². The number of aromatic nitrogens is 3. The molecule has 0 saturated heterocycles. The van der Waals surface area contributed by atoms with Crippen LogP contribution in [-0.4, -0.2) is 33.0 Å². The van der Waals surface area contributed by atoms with Gasteiger partial charge in [-0.1, -0.05) is 12.1 Å². The summed E-state index contributed by atoms with van der Waals surface area (Å²) in [6.45, 7) is 0. The third-order valence-electron chi connectivity index (χ3n) is 4.55. The lowest BCUT2D eigenvalue weighted by atomic mass is 9.93. The molecule has 0 unspecified atom stereocenters. The van der Waals surface area contributed by atoms with E-state index in [1.165, 1.54) is 23.7 Å².